The van der Waals surface area contributed by atoms with Crippen LogP contribution in [0.2, 0.25) is 0 Å². The molecule has 1 aromatic carbocycles. The molecule has 0 radical (unpaired) electrons. The number of carboxylic acids is 1. The van der Waals surface area contributed by atoms with Gasteiger partial charge in [0.1, 0.15) is 0 Å². The van der Waals surface area contributed by atoms with Gasteiger partial charge in [0, 0.05) is 11.6 Å². The lowest BCUT2D eigenvalue weighted by atomic mass is 9.64. The molecule has 4 nitrogen and oxygen atoms in total. The van der Waals surface area contributed by atoms with Crippen LogP contribution in [0.4, 0.5) is 5.69 Å². The molecular formula is C21H27NO3. The van der Waals surface area contributed by atoms with Gasteiger partial charge in [0.2, 0.25) is 5.91 Å². The maximum absolute atomic E-state index is 12.7. The van der Waals surface area contributed by atoms with Crippen molar-refractivity contribution in [2.24, 2.45) is 16.7 Å². The number of carbonyl (C=O) groups is 2. The van der Waals surface area contributed by atoms with Crippen molar-refractivity contribution in [2.45, 2.75) is 53.4 Å². The molecule has 1 amide bonds. The van der Waals surface area contributed by atoms with Crippen molar-refractivity contribution in [1.29, 1.82) is 0 Å². The van der Waals surface area contributed by atoms with E-state index < -0.39 is 5.97 Å². The quantitative estimate of drug-likeness (QED) is 0.770. The Morgan fingerprint density at radius 3 is 1.88 bits per heavy atom. The molecule has 1 aromatic rings. The molecule has 2 aliphatic rings. The van der Waals surface area contributed by atoms with Crippen LogP contribution in [0.1, 0.15) is 63.7 Å². The Morgan fingerprint density at radius 2 is 1.44 bits per heavy atom. The molecular weight excluding hydrogens is 314 g/mol. The first-order valence-corrected chi connectivity index (χ1v) is 8.97. The van der Waals surface area contributed by atoms with Crippen molar-refractivity contribution in [3.8, 4) is 0 Å². The number of anilines is 1. The number of amides is 1. The number of allylic oxidation sites excluding steroid dienone is 2. The van der Waals surface area contributed by atoms with Crippen LogP contribution in [-0.4, -0.2) is 17.0 Å². The predicted octanol–water partition coefficient (Wildman–Crippen LogP) is 4.88. The summed E-state index contributed by atoms with van der Waals surface area (Å²) in [4.78, 5) is 23.7. The third-order valence-electron chi connectivity index (χ3n) is 6.04. The number of hydrogen-bond acceptors (Lipinski definition) is 2. The van der Waals surface area contributed by atoms with E-state index in [9.17, 15) is 9.59 Å². The lowest BCUT2D eigenvalue weighted by Crippen LogP contribution is -2.28. The first kappa shape index (κ1) is 17.7. The minimum atomic E-state index is -0.963. The molecule has 134 valence electrons. The van der Waals surface area contributed by atoms with Gasteiger partial charge in [0.05, 0.1) is 5.56 Å². The van der Waals surface area contributed by atoms with Gasteiger partial charge in [-0.3, -0.25) is 4.79 Å². The summed E-state index contributed by atoms with van der Waals surface area (Å²) in [5, 5.41) is 11.9. The predicted molar refractivity (Wildman–Crippen MR) is 98.6 cm³/mol. The largest absolute Gasteiger partial charge is 0.478 e. The van der Waals surface area contributed by atoms with E-state index in [-0.39, 0.29) is 28.2 Å². The number of benzene rings is 1. The molecule has 0 spiro atoms. The highest BCUT2D eigenvalue weighted by Gasteiger charge is 2.45. The fourth-order valence-corrected chi connectivity index (χ4v) is 4.23. The van der Waals surface area contributed by atoms with Gasteiger partial charge in [-0.1, -0.05) is 38.8 Å². The van der Waals surface area contributed by atoms with Crippen molar-refractivity contribution in [1.82, 2.24) is 0 Å². The monoisotopic (exact) mass is 341 g/mol. The normalized spacial score (nSPS) is 21.8. The summed E-state index contributed by atoms with van der Waals surface area (Å²) in [6.45, 7) is 9.18. The van der Waals surface area contributed by atoms with Crippen molar-refractivity contribution in [2.75, 3.05) is 5.32 Å². The Balaban J connectivity index is 1.72. The van der Waals surface area contributed by atoms with Crippen LogP contribution in [0.25, 0.3) is 0 Å². The molecule has 2 aliphatic carbocycles. The van der Waals surface area contributed by atoms with Gasteiger partial charge < -0.3 is 10.4 Å². The van der Waals surface area contributed by atoms with E-state index >= 15 is 0 Å². The van der Waals surface area contributed by atoms with E-state index in [2.05, 4.69) is 33.0 Å². The molecule has 2 N–H and O–H groups in total. The van der Waals surface area contributed by atoms with Crippen molar-refractivity contribution >= 4 is 17.6 Å². The second kappa shape index (κ2) is 6.01. The molecule has 3 rings (SSSR count). The fraction of sp³-hybridized carbons (Fsp3) is 0.524. The van der Waals surface area contributed by atoms with E-state index in [1.807, 2.05) is 0 Å². The summed E-state index contributed by atoms with van der Waals surface area (Å²) in [6, 6.07) is 6.33. The molecule has 0 heterocycles. The highest BCUT2D eigenvalue weighted by Crippen LogP contribution is 2.56. The Bertz CT molecular complexity index is 713. The smallest absolute Gasteiger partial charge is 0.335 e. The van der Waals surface area contributed by atoms with Crippen LogP contribution in [0.3, 0.4) is 0 Å². The van der Waals surface area contributed by atoms with E-state index in [4.69, 9.17) is 5.11 Å². The van der Waals surface area contributed by atoms with Crippen LogP contribution in [0.15, 0.2) is 35.4 Å². The molecule has 0 aliphatic heterocycles. The average Bonchev–Trinajstić information content (AvgIpc) is 3.00. The Hall–Kier alpha value is -2.10. The van der Waals surface area contributed by atoms with Crippen molar-refractivity contribution < 1.29 is 14.7 Å². The summed E-state index contributed by atoms with van der Waals surface area (Å²) >= 11 is 0. The zero-order chi connectivity index (χ0) is 18.4. The standard InChI is InChI=1S/C21H27NO3/c1-20(2)9-10-21(3,4)17-12-14(11-16(17)20)18(23)22-15-7-5-13(6-8-15)19(24)25/h5-8,14H,9-12H2,1-4H3,(H,22,23)(H,24,25). The molecule has 0 saturated carbocycles. The van der Waals surface area contributed by atoms with Gasteiger partial charge in [-0.05, 0) is 60.8 Å². The molecule has 25 heavy (non-hydrogen) atoms. The third-order valence-corrected chi connectivity index (χ3v) is 6.04. The summed E-state index contributed by atoms with van der Waals surface area (Å²) in [7, 11) is 0. The van der Waals surface area contributed by atoms with E-state index in [0.29, 0.717) is 5.69 Å². The maximum atomic E-state index is 12.7. The molecule has 0 aromatic heterocycles. The van der Waals surface area contributed by atoms with Crippen LogP contribution in [0, 0.1) is 16.7 Å². The molecule has 0 atom stereocenters. The summed E-state index contributed by atoms with van der Waals surface area (Å²) in [5.41, 5.74) is 4.19. The maximum Gasteiger partial charge on any atom is 0.335 e. The zero-order valence-corrected chi connectivity index (χ0v) is 15.5. The molecule has 0 unspecified atom stereocenters. The third kappa shape index (κ3) is 3.35. The van der Waals surface area contributed by atoms with E-state index in [0.717, 1.165) is 12.8 Å². The average molecular weight is 341 g/mol. The molecule has 0 fully saturated rings. The van der Waals surface area contributed by atoms with Crippen LogP contribution in [-0.2, 0) is 4.79 Å². The van der Waals surface area contributed by atoms with Gasteiger partial charge in [0.15, 0.2) is 0 Å². The Morgan fingerprint density at radius 1 is 0.960 bits per heavy atom. The number of carboxylic acid groups (broad SMARTS) is 1. The number of carbonyl (C=O) groups excluding carboxylic acids is 1. The highest BCUT2D eigenvalue weighted by atomic mass is 16.4. The summed E-state index contributed by atoms with van der Waals surface area (Å²) in [6.07, 6.45) is 4.02. The van der Waals surface area contributed by atoms with Crippen LogP contribution >= 0.6 is 0 Å². The van der Waals surface area contributed by atoms with E-state index in [1.54, 1.807) is 12.1 Å². The lowest BCUT2D eigenvalue weighted by molar-refractivity contribution is -0.119. The summed E-state index contributed by atoms with van der Waals surface area (Å²) < 4.78 is 0. The number of rotatable bonds is 3. The lowest BCUT2D eigenvalue weighted by Gasteiger charge is -2.41. The fourth-order valence-electron chi connectivity index (χ4n) is 4.23. The SMILES string of the molecule is CC1(C)CCC(C)(C)C2=C1CC(C(=O)Nc1ccc(C(=O)O)cc1)C2. The second-order valence-electron chi connectivity index (χ2n) is 8.70. The molecule has 0 bridgehead atoms. The second-order valence-corrected chi connectivity index (χ2v) is 8.70. The minimum Gasteiger partial charge on any atom is -0.478 e. The number of nitrogens with one attached hydrogen (secondary N) is 1. The number of hydrogen-bond donors (Lipinski definition) is 2. The van der Waals surface area contributed by atoms with Crippen molar-refractivity contribution in [3.05, 3.63) is 41.0 Å². The summed E-state index contributed by atoms with van der Waals surface area (Å²) in [5.74, 6) is -0.958. The first-order chi connectivity index (χ1) is 11.6. The van der Waals surface area contributed by atoms with E-state index in [1.165, 1.54) is 36.1 Å². The number of aromatic carboxylic acids is 1. The highest BCUT2D eigenvalue weighted by molar-refractivity contribution is 5.94. The zero-order valence-electron chi connectivity index (χ0n) is 15.5. The van der Waals surface area contributed by atoms with Crippen molar-refractivity contribution in [3.63, 3.8) is 0 Å². The van der Waals surface area contributed by atoms with Gasteiger partial charge in [-0.15, -0.1) is 0 Å². The van der Waals surface area contributed by atoms with Crippen LogP contribution < -0.4 is 5.32 Å². The van der Waals surface area contributed by atoms with Crippen LogP contribution in [0.5, 0.6) is 0 Å². The molecule has 0 saturated heterocycles. The topological polar surface area (TPSA) is 66.4 Å². The minimum absolute atomic E-state index is 0.0270. The Kier molecular flexibility index (Phi) is 4.26. The first-order valence-electron chi connectivity index (χ1n) is 8.97. The van der Waals surface area contributed by atoms with Gasteiger partial charge >= 0.3 is 5.97 Å². The van der Waals surface area contributed by atoms with Gasteiger partial charge in [-0.2, -0.15) is 0 Å². The Labute approximate surface area is 149 Å². The van der Waals surface area contributed by atoms with Gasteiger partial charge in [-0.25, -0.2) is 4.79 Å². The van der Waals surface area contributed by atoms with Gasteiger partial charge in [0.25, 0.3) is 0 Å². The molecule has 4 heteroatoms.